The Bertz CT molecular complexity index is 405. The van der Waals surface area contributed by atoms with Crippen molar-refractivity contribution < 1.29 is 0 Å². The highest BCUT2D eigenvalue weighted by Gasteiger charge is 2.13. The molecular weight excluding hydrogens is 230 g/mol. The number of nitrogens with zero attached hydrogens (tertiary/aromatic N) is 1. The maximum atomic E-state index is 2.41. The van der Waals surface area contributed by atoms with Crippen molar-refractivity contribution in [2.24, 2.45) is 0 Å². The first-order chi connectivity index (χ1) is 9.08. The maximum Gasteiger partial charge on any atom is 0.00124 e. The smallest absolute Gasteiger partial charge is 0.00124 e. The lowest BCUT2D eigenvalue weighted by molar-refractivity contribution is 0.413. The van der Waals surface area contributed by atoms with E-state index in [9.17, 15) is 0 Å². The highest BCUT2D eigenvalue weighted by Crippen LogP contribution is 2.32. The summed E-state index contributed by atoms with van der Waals surface area (Å²) in [5.41, 5.74) is 6.12. The summed E-state index contributed by atoms with van der Waals surface area (Å²) in [5.74, 6) is 0. The van der Waals surface area contributed by atoms with Crippen LogP contribution < -0.4 is 0 Å². The fourth-order valence-electron chi connectivity index (χ4n) is 2.50. The number of allylic oxidation sites excluding steroid dienone is 7. The molecule has 0 spiro atoms. The van der Waals surface area contributed by atoms with E-state index in [4.69, 9.17) is 0 Å². The van der Waals surface area contributed by atoms with E-state index in [1.807, 2.05) is 0 Å². The monoisotopic (exact) mass is 259 g/mol. The molecule has 0 fully saturated rings. The molecule has 0 N–H and O–H groups in total. The van der Waals surface area contributed by atoms with Gasteiger partial charge in [0.15, 0.2) is 0 Å². The first-order valence-electron chi connectivity index (χ1n) is 7.43. The van der Waals surface area contributed by atoms with Crippen LogP contribution in [0.4, 0.5) is 0 Å². The SMILES string of the molecule is C/C=C\C1=C(CC)C(C/C=C(/C)CCN(C)C)=CC1. The quantitative estimate of drug-likeness (QED) is 0.589. The van der Waals surface area contributed by atoms with Crippen LogP contribution in [0.1, 0.15) is 46.5 Å². The average Bonchev–Trinajstić information content (AvgIpc) is 2.76. The zero-order chi connectivity index (χ0) is 14.3. The van der Waals surface area contributed by atoms with Crippen LogP contribution in [0.5, 0.6) is 0 Å². The Morgan fingerprint density at radius 1 is 1.37 bits per heavy atom. The minimum atomic E-state index is 1.10. The van der Waals surface area contributed by atoms with Gasteiger partial charge >= 0.3 is 0 Å². The molecule has 0 atom stereocenters. The van der Waals surface area contributed by atoms with Gasteiger partial charge in [-0.1, -0.05) is 36.8 Å². The summed E-state index contributed by atoms with van der Waals surface area (Å²) < 4.78 is 0. The number of hydrogen-bond acceptors (Lipinski definition) is 1. The fraction of sp³-hybridized carbons (Fsp3) is 0.556. The standard InChI is InChI=1S/C18H29N/c1-6-8-16-11-12-17(18(16)7-2)10-9-15(3)13-14-19(4)5/h6,8-9,12H,7,10-11,13-14H2,1-5H3/b8-6-,15-9-. The molecule has 106 valence electrons. The van der Waals surface area contributed by atoms with Crippen LogP contribution in [0.25, 0.3) is 0 Å². The summed E-state index contributed by atoms with van der Waals surface area (Å²) in [4.78, 5) is 2.24. The molecule has 0 amide bonds. The van der Waals surface area contributed by atoms with Crippen molar-refractivity contribution in [3.63, 3.8) is 0 Å². The molecule has 19 heavy (non-hydrogen) atoms. The fourth-order valence-corrected chi connectivity index (χ4v) is 2.50. The molecule has 0 aromatic rings. The van der Waals surface area contributed by atoms with Gasteiger partial charge in [0, 0.05) is 6.54 Å². The second-order valence-corrected chi connectivity index (χ2v) is 5.60. The van der Waals surface area contributed by atoms with E-state index in [0.29, 0.717) is 0 Å². The van der Waals surface area contributed by atoms with Gasteiger partial charge in [-0.2, -0.15) is 0 Å². The molecule has 1 aliphatic rings. The maximum absolute atomic E-state index is 2.41. The largest absolute Gasteiger partial charge is 0.309 e. The molecule has 1 rings (SSSR count). The first kappa shape index (κ1) is 16.0. The van der Waals surface area contributed by atoms with Gasteiger partial charge in [-0.25, -0.2) is 0 Å². The van der Waals surface area contributed by atoms with Gasteiger partial charge in [0.1, 0.15) is 0 Å². The predicted octanol–water partition coefficient (Wildman–Crippen LogP) is 4.89. The lowest BCUT2D eigenvalue weighted by atomic mass is 9.99. The zero-order valence-electron chi connectivity index (χ0n) is 13.3. The van der Waals surface area contributed by atoms with Crippen molar-refractivity contribution in [1.29, 1.82) is 0 Å². The Balaban J connectivity index is 2.60. The summed E-state index contributed by atoms with van der Waals surface area (Å²) in [7, 11) is 4.27. The van der Waals surface area contributed by atoms with E-state index in [-0.39, 0.29) is 0 Å². The molecule has 0 bridgehead atoms. The summed E-state index contributed by atoms with van der Waals surface area (Å²) in [6.45, 7) is 7.76. The molecule has 1 aliphatic carbocycles. The van der Waals surface area contributed by atoms with E-state index in [1.54, 1.807) is 11.1 Å². The van der Waals surface area contributed by atoms with E-state index >= 15 is 0 Å². The van der Waals surface area contributed by atoms with Gasteiger partial charge in [-0.05, 0) is 70.3 Å². The summed E-state index contributed by atoms with van der Waals surface area (Å²) in [6.07, 6.45) is 13.8. The van der Waals surface area contributed by atoms with Crippen LogP contribution in [0.3, 0.4) is 0 Å². The van der Waals surface area contributed by atoms with Crippen molar-refractivity contribution >= 4 is 0 Å². The third-order valence-electron chi connectivity index (χ3n) is 3.69. The van der Waals surface area contributed by atoms with Gasteiger partial charge in [0.2, 0.25) is 0 Å². The molecule has 0 aromatic carbocycles. The summed E-state index contributed by atoms with van der Waals surface area (Å²) >= 11 is 0. The van der Waals surface area contributed by atoms with E-state index in [1.165, 1.54) is 17.6 Å². The normalized spacial score (nSPS) is 16.9. The lowest BCUT2D eigenvalue weighted by Crippen LogP contribution is -2.12. The van der Waals surface area contributed by atoms with Crippen molar-refractivity contribution in [2.45, 2.75) is 46.5 Å². The highest BCUT2D eigenvalue weighted by atomic mass is 15.0. The lowest BCUT2D eigenvalue weighted by Gasteiger charge is -2.10. The van der Waals surface area contributed by atoms with Crippen LogP contribution in [0.2, 0.25) is 0 Å². The van der Waals surface area contributed by atoms with Crippen molar-refractivity contribution in [3.8, 4) is 0 Å². The molecule has 0 aliphatic heterocycles. The Morgan fingerprint density at radius 2 is 2.11 bits per heavy atom. The molecule has 0 aromatic heterocycles. The molecule has 0 heterocycles. The van der Waals surface area contributed by atoms with E-state index in [0.717, 1.165) is 25.8 Å². The van der Waals surface area contributed by atoms with Crippen molar-refractivity contribution in [3.05, 3.63) is 46.6 Å². The number of rotatable bonds is 7. The second-order valence-electron chi connectivity index (χ2n) is 5.60. The summed E-state index contributed by atoms with van der Waals surface area (Å²) in [6, 6.07) is 0. The topological polar surface area (TPSA) is 3.24 Å². The average molecular weight is 259 g/mol. The zero-order valence-corrected chi connectivity index (χ0v) is 13.3. The third kappa shape index (κ3) is 5.20. The van der Waals surface area contributed by atoms with Crippen LogP contribution in [0.15, 0.2) is 46.6 Å². The van der Waals surface area contributed by atoms with Crippen LogP contribution in [-0.4, -0.2) is 25.5 Å². The van der Waals surface area contributed by atoms with Gasteiger partial charge < -0.3 is 4.90 Å². The molecular formula is C18H29N. The Kier molecular flexibility index (Phi) is 6.86. The van der Waals surface area contributed by atoms with Gasteiger partial charge in [0.05, 0.1) is 0 Å². The molecule has 0 saturated carbocycles. The molecule has 0 saturated heterocycles. The minimum Gasteiger partial charge on any atom is -0.309 e. The Hall–Kier alpha value is -1.08. The molecule has 0 unspecified atom stereocenters. The van der Waals surface area contributed by atoms with Gasteiger partial charge in [-0.3, -0.25) is 0 Å². The first-order valence-corrected chi connectivity index (χ1v) is 7.43. The van der Waals surface area contributed by atoms with Gasteiger partial charge in [-0.15, -0.1) is 0 Å². The van der Waals surface area contributed by atoms with E-state index in [2.05, 4.69) is 64.1 Å². The van der Waals surface area contributed by atoms with Crippen molar-refractivity contribution in [1.82, 2.24) is 4.90 Å². The molecule has 1 nitrogen and oxygen atoms in total. The second kappa shape index (κ2) is 8.16. The molecule has 1 heteroatoms. The summed E-state index contributed by atoms with van der Waals surface area (Å²) in [5, 5.41) is 0. The van der Waals surface area contributed by atoms with Gasteiger partial charge in [0.25, 0.3) is 0 Å². The highest BCUT2D eigenvalue weighted by molar-refractivity contribution is 5.47. The predicted molar refractivity (Wildman–Crippen MR) is 86.4 cm³/mol. The Labute approximate surface area is 119 Å². The van der Waals surface area contributed by atoms with Crippen LogP contribution >= 0.6 is 0 Å². The molecule has 0 radical (unpaired) electrons. The number of hydrogen-bond donors (Lipinski definition) is 0. The van der Waals surface area contributed by atoms with E-state index < -0.39 is 0 Å². The minimum absolute atomic E-state index is 1.10. The third-order valence-corrected chi connectivity index (χ3v) is 3.69. The van der Waals surface area contributed by atoms with Crippen LogP contribution in [-0.2, 0) is 0 Å². The Morgan fingerprint density at radius 3 is 2.68 bits per heavy atom. The van der Waals surface area contributed by atoms with Crippen molar-refractivity contribution in [2.75, 3.05) is 20.6 Å². The van der Waals surface area contributed by atoms with Crippen LogP contribution in [0, 0.1) is 0 Å².